The molecule has 1 fully saturated rings. The molecule has 0 spiro atoms. The van der Waals surface area contributed by atoms with Crippen molar-refractivity contribution in [2.24, 2.45) is 5.92 Å². The number of carbonyl (C=O) groups is 2. The minimum absolute atomic E-state index is 0.0694. The van der Waals surface area contributed by atoms with Crippen molar-refractivity contribution in [2.45, 2.75) is 26.3 Å². The van der Waals surface area contributed by atoms with Gasteiger partial charge in [-0.2, -0.15) is 0 Å². The molecule has 1 heterocycles. The van der Waals surface area contributed by atoms with E-state index in [9.17, 15) is 18.4 Å². The van der Waals surface area contributed by atoms with Crippen LogP contribution in [0.2, 0.25) is 0 Å². The largest absolute Gasteiger partial charge is 0.343 e. The van der Waals surface area contributed by atoms with Crippen LogP contribution < -0.4 is 10.2 Å². The Balaban J connectivity index is 2.30. The van der Waals surface area contributed by atoms with Crippen molar-refractivity contribution in [1.82, 2.24) is 5.32 Å². The molecule has 1 unspecified atom stereocenters. The van der Waals surface area contributed by atoms with Crippen molar-refractivity contribution in [3.05, 3.63) is 29.8 Å². The fourth-order valence-corrected chi connectivity index (χ4v) is 2.25. The van der Waals surface area contributed by atoms with Crippen molar-refractivity contribution in [3.8, 4) is 0 Å². The molecular weight excluding hydrogens is 266 g/mol. The van der Waals surface area contributed by atoms with E-state index in [0.717, 1.165) is 11.0 Å². The highest BCUT2D eigenvalue weighted by atomic mass is 19.1. The number of amides is 2. The molecule has 1 atom stereocenters. The molecule has 2 rings (SSSR count). The van der Waals surface area contributed by atoms with Crippen molar-refractivity contribution in [2.75, 3.05) is 11.4 Å². The number of hydrogen-bond acceptors (Lipinski definition) is 2. The van der Waals surface area contributed by atoms with E-state index in [1.807, 2.05) is 13.8 Å². The fraction of sp³-hybridized carbons (Fsp3) is 0.429. The third-order valence-corrected chi connectivity index (χ3v) is 3.11. The van der Waals surface area contributed by atoms with Gasteiger partial charge in [-0.3, -0.25) is 14.5 Å². The lowest BCUT2D eigenvalue weighted by atomic mass is 10.0. The number of piperazine rings is 1. The van der Waals surface area contributed by atoms with Crippen LogP contribution in [-0.4, -0.2) is 24.4 Å². The predicted octanol–water partition coefficient (Wildman–Crippen LogP) is 1.84. The highest BCUT2D eigenvalue weighted by Gasteiger charge is 2.34. The summed E-state index contributed by atoms with van der Waals surface area (Å²) in [6, 6.07) is 2.27. The lowest BCUT2D eigenvalue weighted by Crippen LogP contribution is -2.58. The Labute approximate surface area is 115 Å². The predicted molar refractivity (Wildman–Crippen MR) is 70.1 cm³/mol. The summed E-state index contributed by atoms with van der Waals surface area (Å²) in [5.41, 5.74) is -0.0694. The summed E-state index contributed by atoms with van der Waals surface area (Å²) in [6.07, 6.45) is 0.476. The average Bonchev–Trinajstić information content (AvgIpc) is 2.33. The fourth-order valence-electron chi connectivity index (χ4n) is 2.25. The topological polar surface area (TPSA) is 49.4 Å². The van der Waals surface area contributed by atoms with Gasteiger partial charge in [-0.25, -0.2) is 8.78 Å². The first-order chi connectivity index (χ1) is 9.38. The lowest BCUT2D eigenvalue weighted by Gasteiger charge is -2.33. The van der Waals surface area contributed by atoms with Crippen molar-refractivity contribution in [3.63, 3.8) is 0 Å². The van der Waals surface area contributed by atoms with Gasteiger partial charge in [-0.15, -0.1) is 0 Å². The highest BCUT2D eigenvalue weighted by Crippen LogP contribution is 2.23. The summed E-state index contributed by atoms with van der Waals surface area (Å²) in [5.74, 6) is -2.08. The third kappa shape index (κ3) is 2.95. The Kier molecular flexibility index (Phi) is 4.01. The molecule has 1 aliphatic rings. The van der Waals surface area contributed by atoms with E-state index in [-0.39, 0.29) is 30.0 Å². The number of carbonyl (C=O) groups excluding carboxylic acids is 2. The molecule has 6 heteroatoms. The summed E-state index contributed by atoms with van der Waals surface area (Å²) < 4.78 is 26.7. The van der Waals surface area contributed by atoms with Gasteiger partial charge in [0.05, 0.1) is 5.69 Å². The molecule has 0 saturated carbocycles. The second-order valence-electron chi connectivity index (χ2n) is 5.27. The van der Waals surface area contributed by atoms with E-state index in [1.54, 1.807) is 0 Å². The Morgan fingerprint density at radius 1 is 1.35 bits per heavy atom. The van der Waals surface area contributed by atoms with Gasteiger partial charge in [0.1, 0.15) is 24.2 Å². The Bertz CT molecular complexity index is 546. The Morgan fingerprint density at radius 2 is 2.05 bits per heavy atom. The molecule has 108 valence electrons. The van der Waals surface area contributed by atoms with Gasteiger partial charge in [-0.05, 0) is 24.5 Å². The molecule has 1 aromatic carbocycles. The van der Waals surface area contributed by atoms with E-state index in [4.69, 9.17) is 0 Å². The van der Waals surface area contributed by atoms with E-state index >= 15 is 0 Å². The van der Waals surface area contributed by atoms with Crippen LogP contribution in [0.4, 0.5) is 14.5 Å². The zero-order valence-corrected chi connectivity index (χ0v) is 11.3. The normalized spacial score (nSPS) is 19.4. The molecule has 1 saturated heterocycles. The molecule has 4 nitrogen and oxygen atoms in total. The lowest BCUT2D eigenvalue weighted by molar-refractivity contribution is -0.131. The molecule has 0 bridgehead atoms. The van der Waals surface area contributed by atoms with Gasteiger partial charge < -0.3 is 5.32 Å². The molecule has 0 aliphatic carbocycles. The molecule has 1 N–H and O–H groups in total. The Morgan fingerprint density at radius 3 is 2.65 bits per heavy atom. The van der Waals surface area contributed by atoms with Crippen LogP contribution in [0, 0.1) is 17.6 Å². The van der Waals surface area contributed by atoms with Crippen molar-refractivity contribution < 1.29 is 18.4 Å². The van der Waals surface area contributed by atoms with Gasteiger partial charge in [-0.1, -0.05) is 13.8 Å². The zero-order valence-electron chi connectivity index (χ0n) is 11.3. The first-order valence-corrected chi connectivity index (χ1v) is 6.44. The smallest absolute Gasteiger partial charge is 0.250 e. The standard InChI is InChI=1S/C14H16F2N2O2/c1-8(2)5-11-14(20)18(7-13(19)17-11)12-4-3-9(15)6-10(12)16/h3-4,6,8,11H,5,7H2,1-2H3,(H,17,19). The van der Waals surface area contributed by atoms with Crippen LogP contribution >= 0.6 is 0 Å². The van der Waals surface area contributed by atoms with Crippen LogP contribution in [0.1, 0.15) is 20.3 Å². The molecule has 1 aromatic rings. The average molecular weight is 282 g/mol. The number of nitrogens with zero attached hydrogens (tertiary/aromatic N) is 1. The maximum Gasteiger partial charge on any atom is 0.250 e. The quantitative estimate of drug-likeness (QED) is 0.919. The molecule has 1 aliphatic heterocycles. The van der Waals surface area contributed by atoms with Crippen LogP contribution in [0.25, 0.3) is 0 Å². The molecule has 0 aromatic heterocycles. The van der Waals surface area contributed by atoms with Crippen molar-refractivity contribution in [1.29, 1.82) is 0 Å². The first-order valence-electron chi connectivity index (χ1n) is 6.44. The van der Waals surface area contributed by atoms with E-state index in [0.29, 0.717) is 12.5 Å². The van der Waals surface area contributed by atoms with E-state index in [2.05, 4.69) is 5.32 Å². The maximum absolute atomic E-state index is 13.8. The second-order valence-corrected chi connectivity index (χ2v) is 5.27. The summed E-state index contributed by atoms with van der Waals surface area (Å²) in [4.78, 5) is 25.0. The van der Waals surface area contributed by atoms with Crippen LogP contribution in [-0.2, 0) is 9.59 Å². The molecule has 0 radical (unpaired) electrons. The first kappa shape index (κ1) is 14.4. The van der Waals surface area contributed by atoms with Gasteiger partial charge in [0, 0.05) is 6.07 Å². The number of halogens is 2. The number of rotatable bonds is 3. The highest BCUT2D eigenvalue weighted by molar-refractivity contribution is 6.06. The molecule has 2 amide bonds. The van der Waals surface area contributed by atoms with E-state index < -0.39 is 17.7 Å². The number of hydrogen-bond donors (Lipinski definition) is 1. The van der Waals surface area contributed by atoms with Crippen molar-refractivity contribution >= 4 is 17.5 Å². The maximum atomic E-state index is 13.8. The summed E-state index contributed by atoms with van der Waals surface area (Å²) in [5, 5.41) is 2.60. The summed E-state index contributed by atoms with van der Waals surface area (Å²) in [7, 11) is 0. The monoisotopic (exact) mass is 282 g/mol. The number of benzene rings is 1. The second kappa shape index (κ2) is 5.56. The van der Waals surface area contributed by atoms with Crippen LogP contribution in [0.15, 0.2) is 18.2 Å². The SMILES string of the molecule is CC(C)CC1NC(=O)CN(c2ccc(F)cc2F)C1=O. The minimum atomic E-state index is -0.851. The summed E-state index contributed by atoms with van der Waals surface area (Å²) in [6.45, 7) is 3.60. The van der Waals surface area contributed by atoms with Crippen LogP contribution in [0.3, 0.4) is 0 Å². The zero-order chi connectivity index (χ0) is 14.9. The van der Waals surface area contributed by atoms with Gasteiger partial charge in [0.25, 0.3) is 0 Å². The minimum Gasteiger partial charge on any atom is -0.343 e. The van der Waals surface area contributed by atoms with Gasteiger partial charge in [0.15, 0.2) is 0 Å². The Hall–Kier alpha value is -1.98. The molecular formula is C14H16F2N2O2. The number of anilines is 1. The number of nitrogens with one attached hydrogen (secondary N) is 1. The summed E-state index contributed by atoms with van der Waals surface area (Å²) >= 11 is 0. The van der Waals surface area contributed by atoms with Gasteiger partial charge >= 0.3 is 0 Å². The van der Waals surface area contributed by atoms with Crippen LogP contribution in [0.5, 0.6) is 0 Å². The van der Waals surface area contributed by atoms with Gasteiger partial charge in [0.2, 0.25) is 11.8 Å². The van der Waals surface area contributed by atoms with E-state index in [1.165, 1.54) is 6.07 Å². The third-order valence-electron chi connectivity index (χ3n) is 3.11. The molecule has 20 heavy (non-hydrogen) atoms.